The van der Waals surface area contributed by atoms with E-state index in [-0.39, 0.29) is 24.4 Å². The molecule has 0 amide bonds. The molecule has 2 aliphatic heterocycles. The van der Waals surface area contributed by atoms with E-state index < -0.39 is 6.08 Å². The Bertz CT molecular complexity index is 495. The molecular formula is C22H34F2O4. The molecule has 0 aromatic carbocycles. The molecule has 4 fully saturated rings. The Kier molecular flexibility index (Phi) is 7.37. The summed E-state index contributed by atoms with van der Waals surface area (Å²) in [6, 6.07) is 0. The first-order chi connectivity index (χ1) is 13.7. The second-order valence-corrected chi connectivity index (χ2v) is 9.06. The summed E-state index contributed by atoms with van der Waals surface area (Å²) >= 11 is 0. The van der Waals surface area contributed by atoms with E-state index in [0.29, 0.717) is 25.0 Å². The van der Waals surface area contributed by atoms with Gasteiger partial charge in [-0.15, -0.1) is 0 Å². The first-order valence-corrected chi connectivity index (χ1v) is 11.2. The van der Waals surface area contributed by atoms with Crippen molar-refractivity contribution in [2.75, 3.05) is 26.4 Å². The van der Waals surface area contributed by atoms with E-state index in [2.05, 4.69) is 0 Å². The van der Waals surface area contributed by atoms with Crippen LogP contribution in [0.3, 0.4) is 0 Å². The Hall–Kier alpha value is -0.560. The maximum atomic E-state index is 12.4. The molecule has 0 radical (unpaired) electrons. The fourth-order valence-electron chi connectivity index (χ4n) is 5.59. The second kappa shape index (κ2) is 9.96. The Labute approximate surface area is 166 Å². The summed E-state index contributed by atoms with van der Waals surface area (Å²) in [6.45, 7) is 2.82. The number of hydrogen-bond acceptors (Lipinski definition) is 4. The highest BCUT2D eigenvalue weighted by molar-refractivity contribution is 4.92. The highest BCUT2D eigenvalue weighted by Crippen LogP contribution is 2.43. The highest BCUT2D eigenvalue weighted by atomic mass is 19.3. The molecule has 4 nitrogen and oxygen atoms in total. The van der Waals surface area contributed by atoms with Crippen molar-refractivity contribution in [2.45, 2.75) is 70.4 Å². The number of halogens is 2. The van der Waals surface area contributed by atoms with Crippen molar-refractivity contribution >= 4 is 0 Å². The quantitative estimate of drug-likeness (QED) is 0.655. The molecule has 0 N–H and O–H groups in total. The number of allylic oxidation sites excluding steroid dienone is 1. The summed E-state index contributed by atoms with van der Waals surface area (Å²) in [7, 11) is 0. The lowest BCUT2D eigenvalue weighted by molar-refractivity contribution is -0.284. The molecule has 160 valence electrons. The van der Waals surface area contributed by atoms with Gasteiger partial charge >= 0.3 is 0 Å². The van der Waals surface area contributed by atoms with Gasteiger partial charge in [0.05, 0.1) is 32.3 Å². The molecule has 0 aromatic heterocycles. The summed E-state index contributed by atoms with van der Waals surface area (Å²) in [5, 5.41) is 0. The fraction of sp³-hybridized carbons (Fsp3) is 0.909. The van der Waals surface area contributed by atoms with E-state index in [0.717, 1.165) is 64.1 Å². The molecule has 0 bridgehead atoms. The van der Waals surface area contributed by atoms with Crippen LogP contribution in [0.15, 0.2) is 12.2 Å². The van der Waals surface area contributed by atoms with Crippen molar-refractivity contribution < 1.29 is 27.7 Å². The molecular weight excluding hydrogens is 366 g/mol. The van der Waals surface area contributed by atoms with Gasteiger partial charge in [-0.2, -0.15) is 8.78 Å². The third-order valence-electron chi connectivity index (χ3n) is 7.23. The van der Waals surface area contributed by atoms with Gasteiger partial charge in [-0.1, -0.05) is 0 Å². The Balaban J connectivity index is 1.16. The van der Waals surface area contributed by atoms with Gasteiger partial charge in [0, 0.05) is 5.92 Å². The lowest BCUT2D eigenvalue weighted by Gasteiger charge is -2.41. The molecule has 0 unspecified atom stereocenters. The molecule has 4 aliphatic rings. The van der Waals surface area contributed by atoms with Gasteiger partial charge in [0.2, 0.25) is 0 Å². The van der Waals surface area contributed by atoms with Gasteiger partial charge in [-0.3, -0.25) is 0 Å². The van der Waals surface area contributed by atoms with E-state index in [1.54, 1.807) is 0 Å². The van der Waals surface area contributed by atoms with Gasteiger partial charge in [-0.25, -0.2) is 0 Å². The maximum absolute atomic E-state index is 12.4. The van der Waals surface area contributed by atoms with Crippen molar-refractivity contribution in [3.8, 4) is 0 Å². The summed E-state index contributed by atoms with van der Waals surface area (Å²) in [5.74, 6) is 2.20. The lowest BCUT2D eigenvalue weighted by atomic mass is 9.69. The molecule has 28 heavy (non-hydrogen) atoms. The van der Waals surface area contributed by atoms with Crippen LogP contribution in [-0.2, 0) is 18.9 Å². The molecule has 0 aromatic rings. The van der Waals surface area contributed by atoms with E-state index in [1.807, 2.05) is 0 Å². The van der Waals surface area contributed by atoms with Gasteiger partial charge in [0.25, 0.3) is 6.08 Å². The van der Waals surface area contributed by atoms with Crippen LogP contribution < -0.4 is 0 Å². The molecule has 0 atom stereocenters. The van der Waals surface area contributed by atoms with Crippen molar-refractivity contribution in [2.24, 2.45) is 29.6 Å². The summed E-state index contributed by atoms with van der Waals surface area (Å²) in [4.78, 5) is 0. The minimum absolute atomic E-state index is 0.0887. The van der Waals surface area contributed by atoms with Gasteiger partial charge in [0.15, 0.2) is 12.6 Å². The van der Waals surface area contributed by atoms with E-state index >= 15 is 0 Å². The van der Waals surface area contributed by atoms with E-state index in [1.165, 1.54) is 18.9 Å². The third-order valence-corrected chi connectivity index (χ3v) is 7.23. The first kappa shape index (κ1) is 20.7. The van der Waals surface area contributed by atoms with Crippen LogP contribution in [-0.4, -0.2) is 39.0 Å². The molecule has 0 spiro atoms. The maximum Gasteiger partial charge on any atom is 0.266 e. The molecule has 6 heteroatoms. The molecule has 4 rings (SSSR count). The van der Waals surface area contributed by atoms with Crippen molar-refractivity contribution in [3.63, 3.8) is 0 Å². The monoisotopic (exact) mass is 400 g/mol. The normalized spacial score (nSPS) is 40.8. The SMILES string of the molecule is FC(F)=CC1CCC(C2CCC(C3OCC(C4OCCCO4)CO3)CC2)CC1. The largest absolute Gasteiger partial charge is 0.352 e. The Morgan fingerprint density at radius 1 is 0.607 bits per heavy atom. The molecule has 2 saturated heterocycles. The lowest BCUT2D eigenvalue weighted by Crippen LogP contribution is -2.45. The zero-order valence-corrected chi connectivity index (χ0v) is 16.7. The predicted octanol–water partition coefficient (Wildman–Crippen LogP) is 5.13. The summed E-state index contributed by atoms with van der Waals surface area (Å²) in [5.41, 5.74) is 0. The van der Waals surface area contributed by atoms with Gasteiger partial charge in [-0.05, 0) is 81.6 Å². The van der Waals surface area contributed by atoms with Crippen LogP contribution in [0.1, 0.15) is 57.8 Å². The average molecular weight is 401 g/mol. The standard InChI is InChI=1S/C22H34F2O4/c23-20(24)12-15-2-4-16(5-3-15)17-6-8-18(9-7-17)21-27-13-19(14-28-21)22-25-10-1-11-26-22/h12,15-19,21-22H,1-11,13-14H2. The summed E-state index contributed by atoms with van der Waals surface area (Å²) < 4.78 is 48.4. The van der Waals surface area contributed by atoms with Crippen LogP contribution in [0.5, 0.6) is 0 Å². The number of hydrogen-bond donors (Lipinski definition) is 0. The zero-order valence-electron chi connectivity index (χ0n) is 16.7. The molecule has 2 saturated carbocycles. The Morgan fingerprint density at radius 3 is 1.68 bits per heavy atom. The van der Waals surface area contributed by atoms with Crippen molar-refractivity contribution in [1.82, 2.24) is 0 Å². The highest BCUT2D eigenvalue weighted by Gasteiger charge is 2.38. The fourth-order valence-corrected chi connectivity index (χ4v) is 5.59. The van der Waals surface area contributed by atoms with Gasteiger partial charge in [0.1, 0.15) is 0 Å². The van der Waals surface area contributed by atoms with Crippen LogP contribution in [0.2, 0.25) is 0 Å². The second-order valence-electron chi connectivity index (χ2n) is 9.06. The average Bonchev–Trinajstić information content (AvgIpc) is 2.75. The third kappa shape index (κ3) is 5.32. The predicted molar refractivity (Wildman–Crippen MR) is 101 cm³/mol. The van der Waals surface area contributed by atoms with Gasteiger partial charge < -0.3 is 18.9 Å². The van der Waals surface area contributed by atoms with E-state index in [4.69, 9.17) is 18.9 Å². The smallest absolute Gasteiger partial charge is 0.266 e. The van der Waals surface area contributed by atoms with Crippen molar-refractivity contribution in [3.05, 3.63) is 12.2 Å². The minimum Gasteiger partial charge on any atom is -0.352 e. The zero-order chi connectivity index (χ0) is 19.3. The van der Waals surface area contributed by atoms with Crippen LogP contribution >= 0.6 is 0 Å². The topological polar surface area (TPSA) is 36.9 Å². The summed E-state index contributed by atoms with van der Waals surface area (Å²) in [6.07, 6.45) is 9.12. The van der Waals surface area contributed by atoms with Crippen molar-refractivity contribution in [1.29, 1.82) is 0 Å². The number of ether oxygens (including phenoxy) is 4. The first-order valence-electron chi connectivity index (χ1n) is 11.2. The molecule has 2 heterocycles. The number of rotatable bonds is 4. The van der Waals surface area contributed by atoms with E-state index in [9.17, 15) is 8.78 Å². The van der Waals surface area contributed by atoms with Crippen LogP contribution in [0, 0.1) is 29.6 Å². The van der Waals surface area contributed by atoms with Crippen LogP contribution in [0.25, 0.3) is 0 Å². The Morgan fingerprint density at radius 2 is 1.11 bits per heavy atom. The van der Waals surface area contributed by atoms with Crippen LogP contribution in [0.4, 0.5) is 8.78 Å². The molecule has 2 aliphatic carbocycles. The minimum atomic E-state index is -1.51.